The van der Waals surface area contributed by atoms with Crippen LogP contribution < -0.4 is 5.32 Å². The van der Waals surface area contributed by atoms with Crippen LogP contribution in [0.15, 0.2) is 0 Å². The summed E-state index contributed by atoms with van der Waals surface area (Å²) in [5.74, 6) is 0.863. The van der Waals surface area contributed by atoms with Crippen LogP contribution in [-0.4, -0.2) is 40.4 Å². The first kappa shape index (κ1) is 13.7. The van der Waals surface area contributed by atoms with Crippen LogP contribution in [0.2, 0.25) is 0 Å². The van der Waals surface area contributed by atoms with Crippen molar-refractivity contribution in [1.82, 2.24) is 14.3 Å². The van der Waals surface area contributed by atoms with E-state index in [1.54, 1.807) is 0 Å². The second-order valence-corrected chi connectivity index (χ2v) is 5.95. The minimum Gasteiger partial charge on any atom is -0.360 e. The summed E-state index contributed by atoms with van der Waals surface area (Å²) in [7, 11) is 2.27. The Morgan fingerprint density at radius 1 is 1.33 bits per heavy atom. The van der Waals surface area contributed by atoms with E-state index in [0.717, 1.165) is 23.5 Å². The molecule has 0 aliphatic heterocycles. The smallest absolute Gasteiger partial charge is 0.202 e. The Morgan fingerprint density at radius 2 is 2.11 bits per heavy atom. The van der Waals surface area contributed by atoms with E-state index in [1.165, 1.54) is 56.6 Å². The van der Waals surface area contributed by atoms with Gasteiger partial charge in [0.25, 0.3) is 0 Å². The number of nitrogens with zero attached hydrogens (tertiary/aromatic N) is 3. The van der Waals surface area contributed by atoms with E-state index in [1.807, 2.05) is 6.92 Å². The first-order chi connectivity index (χ1) is 8.75. The quantitative estimate of drug-likeness (QED) is 0.805. The Labute approximate surface area is 114 Å². The molecule has 1 heterocycles. The number of hydrogen-bond donors (Lipinski definition) is 1. The largest absolute Gasteiger partial charge is 0.360 e. The van der Waals surface area contributed by atoms with Gasteiger partial charge in [-0.25, -0.2) is 4.98 Å². The molecule has 102 valence electrons. The highest BCUT2D eigenvalue weighted by atomic mass is 32.1. The minimum absolute atomic E-state index is 0.822. The predicted molar refractivity (Wildman–Crippen MR) is 77.3 cm³/mol. The van der Waals surface area contributed by atoms with Crippen molar-refractivity contribution in [3.05, 3.63) is 5.82 Å². The molecule has 0 saturated heterocycles. The summed E-state index contributed by atoms with van der Waals surface area (Å²) in [4.78, 5) is 6.83. The van der Waals surface area contributed by atoms with Crippen LogP contribution in [-0.2, 0) is 0 Å². The van der Waals surface area contributed by atoms with Crippen LogP contribution in [0.3, 0.4) is 0 Å². The topological polar surface area (TPSA) is 41.1 Å². The van der Waals surface area contributed by atoms with Crippen molar-refractivity contribution in [2.24, 2.45) is 0 Å². The average Bonchev–Trinajstić information content (AvgIpc) is 2.81. The van der Waals surface area contributed by atoms with Gasteiger partial charge in [0.2, 0.25) is 5.13 Å². The second-order valence-electron chi connectivity index (χ2n) is 5.20. The van der Waals surface area contributed by atoms with Gasteiger partial charge in [-0.05, 0) is 39.8 Å². The van der Waals surface area contributed by atoms with Crippen molar-refractivity contribution < 1.29 is 0 Å². The number of anilines is 1. The lowest BCUT2D eigenvalue weighted by atomic mass is 9.94. The minimum atomic E-state index is 0.822. The third-order valence-electron chi connectivity index (χ3n) is 3.69. The van der Waals surface area contributed by atoms with E-state index in [-0.39, 0.29) is 0 Å². The number of rotatable bonds is 6. The van der Waals surface area contributed by atoms with E-state index in [0.29, 0.717) is 0 Å². The molecule has 1 saturated carbocycles. The van der Waals surface area contributed by atoms with Crippen LogP contribution in [0.5, 0.6) is 0 Å². The maximum atomic E-state index is 4.30. The molecule has 0 radical (unpaired) electrons. The highest BCUT2D eigenvalue weighted by molar-refractivity contribution is 7.09. The zero-order valence-electron chi connectivity index (χ0n) is 11.5. The second kappa shape index (κ2) is 7.04. The Balaban J connectivity index is 1.59. The zero-order valence-corrected chi connectivity index (χ0v) is 12.3. The molecule has 4 nitrogen and oxygen atoms in total. The van der Waals surface area contributed by atoms with E-state index in [4.69, 9.17) is 0 Å². The molecular formula is C13H24N4S. The lowest BCUT2D eigenvalue weighted by Crippen LogP contribution is -2.34. The lowest BCUT2D eigenvalue weighted by Gasteiger charge is -2.31. The molecule has 1 aromatic heterocycles. The van der Waals surface area contributed by atoms with Crippen LogP contribution >= 0.6 is 11.5 Å². The summed E-state index contributed by atoms with van der Waals surface area (Å²) in [5, 5.41) is 4.29. The molecule has 5 heteroatoms. The average molecular weight is 268 g/mol. The van der Waals surface area contributed by atoms with Crippen LogP contribution in [0.1, 0.15) is 44.3 Å². The van der Waals surface area contributed by atoms with E-state index in [2.05, 4.69) is 26.6 Å². The summed E-state index contributed by atoms with van der Waals surface area (Å²) >= 11 is 1.45. The molecular weight excluding hydrogens is 244 g/mol. The van der Waals surface area contributed by atoms with Gasteiger partial charge in [0.1, 0.15) is 5.82 Å². The number of aromatic nitrogens is 2. The van der Waals surface area contributed by atoms with Crippen LogP contribution in [0.4, 0.5) is 5.13 Å². The van der Waals surface area contributed by atoms with Crippen molar-refractivity contribution in [3.8, 4) is 0 Å². The van der Waals surface area contributed by atoms with Crippen molar-refractivity contribution in [2.45, 2.75) is 51.5 Å². The standard InChI is InChI=1S/C13H24N4S/c1-11-15-13(18-16-11)14-9-6-10-17(2)12-7-4-3-5-8-12/h12H,3-10H2,1-2H3,(H,14,15,16). The van der Waals surface area contributed by atoms with Gasteiger partial charge in [0.05, 0.1) is 0 Å². The summed E-state index contributed by atoms with van der Waals surface area (Å²) in [5.41, 5.74) is 0. The van der Waals surface area contributed by atoms with Gasteiger partial charge in [-0.1, -0.05) is 19.3 Å². The van der Waals surface area contributed by atoms with E-state index in [9.17, 15) is 0 Å². The van der Waals surface area contributed by atoms with Gasteiger partial charge in [-0.15, -0.1) is 0 Å². The first-order valence-electron chi connectivity index (χ1n) is 7.00. The van der Waals surface area contributed by atoms with Gasteiger partial charge in [-0.2, -0.15) is 4.37 Å². The molecule has 0 spiro atoms. The van der Waals surface area contributed by atoms with Gasteiger partial charge in [-0.3, -0.25) is 0 Å². The Bertz CT molecular complexity index is 347. The van der Waals surface area contributed by atoms with Gasteiger partial charge in [0, 0.05) is 24.1 Å². The summed E-state index contributed by atoms with van der Waals surface area (Å²) < 4.78 is 4.16. The van der Waals surface area contributed by atoms with Crippen molar-refractivity contribution in [1.29, 1.82) is 0 Å². The van der Waals surface area contributed by atoms with Crippen LogP contribution in [0, 0.1) is 6.92 Å². The van der Waals surface area contributed by atoms with Crippen LogP contribution in [0.25, 0.3) is 0 Å². The Hall–Kier alpha value is -0.680. The molecule has 1 aliphatic carbocycles. The highest BCUT2D eigenvalue weighted by Crippen LogP contribution is 2.21. The Morgan fingerprint density at radius 3 is 2.78 bits per heavy atom. The maximum absolute atomic E-state index is 4.30. The molecule has 1 aliphatic rings. The van der Waals surface area contributed by atoms with Crippen molar-refractivity contribution >= 4 is 16.7 Å². The summed E-state index contributed by atoms with van der Waals surface area (Å²) in [6, 6.07) is 0.822. The Kier molecular flexibility index (Phi) is 5.38. The maximum Gasteiger partial charge on any atom is 0.202 e. The highest BCUT2D eigenvalue weighted by Gasteiger charge is 2.17. The molecule has 0 bridgehead atoms. The number of hydrogen-bond acceptors (Lipinski definition) is 5. The predicted octanol–water partition coefficient (Wildman–Crippen LogP) is 2.91. The lowest BCUT2D eigenvalue weighted by molar-refractivity contribution is 0.191. The third kappa shape index (κ3) is 4.21. The first-order valence-corrected chi connectivity index (χ1v) is 7.77. The van der Waals surface area contributed by atoms with Crippen molar-refractivity contribution in [3.63, 3.8) is 0 Å². The molecule has 2 rings (SSSR count). The number of aryl methyl sites for hydroxylation is 1. The molecule has 0 unspecified atom stereocenters. The monoisotopic (exact) mass is 268 g/mol. The summed E-state index contributed by atoms with van der Waals surface area (Å²) in [6.07, 6.45) is 8.21. The fraction of sp³-hybridized carbons (Fsp3) is 0.846. The SMILES string of the molecule is Cc1nsc(NCCCN(C)C2CCCCC2)n1. The van der Waals surface area contributed by atoms with Crippen molar-refractivity contribution in [2.75, 3.05) is 25.5 Å². The molecule has 0 aromatic carbocycles. The molecule has 1 fully saturated rings. The third-order valence-corrected chi connectivity index (χ3v) is 4.45. The fourth-order valence-electron chi connectivity index (χ4n) is 2.60. The van der Waals surface area contributed by atoms with Gasteiger partial charge < -0.3 is 10.2 Å². The van der Waals surface area contributed by atoms with E-state index >= 15 is 0 Å². The fourth-order valence-corrected chi connectivity index (χ4v) is 3.20. The molecule has 1 aromatic rings. The molecule has 0 amide bonds. The number of nitrogens with one attached hydrogen (secondary N) is 1. The van der Waals surface area contributed by atoms with E-state index < -0.39 is 0 Å². The normalized spacial score (nSPS) is 17.3. The molecule has 0 atom stereocenters. The zero-order chi connectivity index (χ0) is 12.8. The summed E-state index contributed by atoms with van der Waals surface area (Å²) in [6.45, 7) is 4.10. The molecule has 1 N–H and O–H groups in total. The molecule has 18 heavy (non-hydrogen) atoms. The van der Waals surface area contributed by atoms with Gasteiger partial charge in [0.15, 0.2) is 0 Å². The van der Waals surface area contributed by atoms with Gasteiger partial charge >= 0.3 is 0 Å².